The van der Waals surface area contributed by atoms with Crippen molar-refractivity contribution < 1.29 is 14.3 Å². The number of hydrogen-bond donors (Lipinski definition) is 0. The molecule has 0 aromatic carbocycles. The Kier molecular flexibility index (Phi) is 5.63. The Morgan fingerprint density at radius 2 is 2.09 bits per heavy atom. The molecule has 1 aromatic rings. The molecule has 1 unspecified atom stereocenters. The van der Waals surface area contributed by atoms with E-state index in [9.17, 15) is 9.59 Å². The summed E-state index contributed by atoms with van der Waals surface area (Å²) < 4.78 is 5.08. The van der Waals surface area contributed by atoms with E-state index in [1.54, 1.807) is 6.92 Å². The first-order chi connectivity index (χ1) is 10.9. The van der Waals surface area contributed by atoms with E-state index in [0.717, 1.165) is 24.2 Å². The van der Waals surface area contributed by atoms with E-state index < -0.39 is 11.9 Å². The summed E-state index contributed by atoms with van der Waals surface area (Å²) in [7, 11) is 0. The van der Waals surface area contributed by atoms with Crippen LogP contribution in [-0.4, -0.2) is 35.9 Å². The number of Topliss-reactive ketones (excluding diaryl/α,β-unsaturated/α-hetero) is 1. The lowest BCUT2D eigenvalue weighted by molar-refractivity contribution is -0.146. The maximum absolute atomic E-state index is 12.8. The molecule has 0 fully saturated rings. The molecule has 1 aliphatic heterocycles. The standard InChI is InChI=1S/C17H23ClN2O3/c1-5-11(6-2)20-9-12(17(22)23-7-3)15(21)14-13(20)8-10(4)19-16(14)18/h8,11-12H,5-7,9H2,1-4H3. The number of esters is 1. The molecule has 1 atom stereocenters. The number of aromatic nitrogens is 1. The van der Waals surface area contributed by atoms with Crippen LogP contribution in [0.3, 0.4) is 0 Å². The summed E-state index contributed by atoms with van der Waals surface area (Å²) in [6.45, 7) is 8.35. The van der Waals surface area contributed by atoms with Crippen LogP contribution in [0.5, 0.6) is 0 Å². The van der Waals surface area contributed by atoms with Crippen molar-refractivity contribution in [3.63, 3.8) is 0 Å². The Bertz CT molecular complexity index is 614. The molecule has 2 rings (SSSR count). The lowest BCUT2D eigenvalue weighted by Crippen LogP contribution is -2.48. The van der Waals surface area contributed by atoms with E-state index in [4.69, 9.17) is 16.3 Å². The largest absolute Gasteiger partial charge is 0.465 e. The average molecular weight is 339 g/mol. The Morgan fingerprint density at radius 3 is 2.65 bits per heavy atom. The van der Waals surface area contributed by atoms with Crippen molar-refractivity contribution in [3.8, 4) is 0 Å². The van der Waals surface area contributed by atoms with Gasteiger partial charge in [0.1, 0.15) is 11.1 Å². The Hall–Kier alpha value is -1.62. The van der Waals surface area contributed by atoms with Crippen molar-refractivity contribution in [1.29, 1.82) is 0 Å². The van der Waals surface area contributed by atoms with Crippen molar-refractivity contribution in [2.75, 3.05) is 18.1 Å². The van der Waals surface area contributed by atoms with Gasteiger partial charge in [-0.3, -0.25) is 9.59 Å². The van der Waals surface area contributed by atoms with Gasteiger partial charge in [0.15, 0.2) is 5.78 Å². The summed E-state index contributed by atoms with van der Waals surface area (Å²) >= 11 is 6.24. The number of pyridine rings is 1. The fourth-order valence-electron chi connectivity index (χ4n) is 3.12. The number of aryl methyl sites for hydroxylation is 1. The van der Waals surface area contributed by atoms with Gasteiger partial charge in [-0.15, -0.1) is 0 Å². The zero-order valence-electron chi connectivity index (χ0n) is 14.1. The highest BCUT2D eigenvalue weighted by Crippen LogP contribution is 2.37. The Morgan fingerprint density at radius 1 is 1.43 bits per heavy atom. The lowest BCUT2D eigenvalue weighted by atomic mass is 9.90. The molecule has 0 radical (unpaired) electrons. The first-order valence-corrected chi connectivity index (χ1v) is 8.46. The monoisotopic (exact) mass is 338 g/mol. The zero-order chi connectivity index (χ0) is 17.1. The molecule has 5 nitrogen and oxygen atoms in total. The fourth-order valence-corrected chi connectivity index (χ4v) is 3.45. The van der Waals surface area contributed by atoms with Gasteiger partial charge in [-0.2, -0.15) is 0 Å². The van der Waals surface area contributed by atoms with E-state index in [1.165, 1.54) is 0 Å². The number of ether oxygens (including phenoxy) is 1. The van der Waals surface area contributed by atoms with E-state index in [2.05, 4.69) is 23.7 Å². The van der Waals surface area contributed by atoms with Crippen molar-refractivity contribution in [1.82, 2.24) is 4.98 Å². The molecule has 0 amide bonds. The number of fused-ring (bicyclic) bond motifs is 1. The summed E-state index contributed by atoms with van der Waals surface area (Å²) in [5, 5.41) is 0.162. The first-order valence-electron chi connectivity index (χ1n) is 8.09. The molecule has 1 aliphatic rings. The van der Waals surface area contributed by atoms with Crippen LogP contribution in [0.4, 0.5) is 5.69 Å². The topological polar surface area (TPSA) is 59.5 Å². The molecule has 0 saturated heterocycles. The van der Waals surface area contributed by atoms with Gasteiger partial charge >= 0.3 is 5.97 Å². The summed E-state index contributed by atoms with van der Waals surface area (Å²) in [4.78, 5) is 31.3. The highest BCUT2D eigenvalue weighted by atomic mass is 35.5. The number of halogens is 1. The van der Waals surface area contributed by atoms with E-state index in [-0.39, 0.29) is 23.6 Å². The molecule has 2 heterocycles. The summed E-state index contributed by atoms with van der Waals surface area (Å²) in [5.74, 6) is -1.63. The van der Waals surface area contributed by atoms with Crippen LogP contribution >= 0.6 is 11.6 Å². The van der Waals surface area contributed by atoms with Crippen molar-refractivity contribution in [2.45, 2.75) is 46.6 Å². The fraction of sp³-hybridized carbons (Fsp3) is 0.588. The molecule has 6 heteroatoms. The maximum atomic E-state index is 12.8. The minimum atomic E-state index is -0.843. The number of rotatable bonds is 5. The number of nitrogens with zero attached hydrogens (tertiary/aromatic N) is 2. The van der Waals surface area contributed by atoms with Crippen molar-refractivity contribution in [3.05, 3.63) is 22.5 Å². The SMILES string of the molecule is CCOC(=O)C1CN(C(CC)CC)c2cc(C)nc(Cl)c2C1=O. The molecule has 0 aliphatic carbocycles. The second-order valence-electron chi connectivity index (χ2n) is 5.74. The number of carbonyl (C=O) groups is 2. The van der Waals surface area contributed by atoms with Gasteiger partial charge < -0.3 is 9.64 Å². The summed E-state index contributed by atoms with van der Waals surface area (Å²) in [5.41, 5.74) is 1.88. The van der Waals surface area contributed by atoms with Crippen LogP contribution in [0.15, 0.2) is 6.07 Å². The summed E-state index contributed by atoms with van der Waals surface area (Å²) in [6.07, 6.45) is 1.83. The maximum Gasteiger partial charge on any atom is 0.318 e. The quantitative estimate of drug-likeness (QED) is 0.468. The molecule has 126 valence electrons. The highest BCUT2D eigenvalue weighted by Gasteiger charge is 2.41. The molecule has 23 heavy (non-hydrogen) atoms. The first kappa shape index (κ1) is 17.7. The molecule has 0 saturated carbocycles. The Labute approximate surface area is 142 Å². The molecular formula is C17H23ClN2O3. The van der Waals surface area contributed by atoms with Gasteiger partial charge in [0.05, 0.1) is 17.9 Å². The molecular weight excluding hydrogens is 316 g/mol. The number of anilines is 1. The van der Waals surface area contributed by atoms with Crippen LogP contribution in [0.2, 0.25) is 5.15 Å². The third-order valence-electron chi connectivity index (χ3n) is 4.29. The minimum Gasteiger partial charge on any atom is -0.465 e. The normalized spacial score (nSPS) is 17.4. The minimum absolute atomic E-state index is 0.162. The predicted octanol–water partition coefficient (Wildman–Crippen LogP) is 3.41. The zero-order valence-corrected chi connectivity index (χ0v) is 14.8. The van der Waals surface area contributed by atoms with E-state index >= 15 is 0 Å². The van der Waals surface area contributed by atoms with E-state index in [0.29, 0.717) is 12.1 Å². The van der Waals surface area contributed by atoms with Gasteiger partial charge in [-0.1, -0.05) is 25.4 Å². The van der Waals surface area contributed by atoms with Crippen LogP contribution in [-0.2, 0) is 9.53 Å². The predicted molar refractivity (Wildman–Crippen MR) is 90.2 cm³/mol. The average Bonchev–Trinajstić information content (AvgIpc) is 2.49. The van der Waals surface area contributed by atoms with Crippen molar-refractivity contribution in [2.24, 2.45) is 5.92 Å². The van der Waals surface area contributed by atoms with E-state index in [1.807, 2.05) is 13.0 Å². The molecule has 0 N–H and O–H groups in total. The second-order valence-corrected chi connectivity index (χ2v) is 6.10. The number of ketones is 1. The smallest absolute Gasteiger partial charge is 0.318 e. The van der Waals surface area contributed by atoms with Gasteiger partial charge in [0.25, 0.3) is 0 Å². The third kappa shape index (κ3) is 3.34. The number of carbonyl (C=O) groups excluding carboxylic acids is 2. The van der Waals surface area contributed by atoms with Gasteiger partial charge in [-0.05, 0) is 32.8 Å². The third-order valence-corrected chi connectivity index (χ3v) is 4.56. The van der Waals surface area contributed by atoms with Crippen LogP contribution in [0.25, 0.3) is 0 Å². The van der Waals surface area contributed by atoms with Gasteiger partial charge in [0.2, 0.25) is 0 Å². The summed E-state index contributed by atoms with van der Waals surface area (Å²) in [6, 6.07) is 2.11. The second kappa shape index (κ2) is 7.30. The number of hydrogen-bond acceptors (Lipinski definition) is 5. The van der Waals surface area contributed by atoms with Crippen LogP contribution in [0.1, 0.15) is 49.7 Å². The van der Waals surface area contributed by atoms with Crippen molar-refractivity contribution >= 4 is 29.0 Å². The molecule has 0 spiro atoms. The molecule has 1 aromatic heterocycles. The molecule has 0 bridgehead atoms. The highest BCUT2D eigenvalue weighted by molar-refractivity contribution is 6.34. The van der Waals surface area contributed by atoms with Gasteiger partial charge in [-0.25, -0.2) is 4.98 Å². The van der Waals surface area contributed by atoms with Crippen LogP contribution in [0, 0.1) is 12.8 Å². The lowest BCUT2D eigenvalue weighted by Gasteiger charge is -2.39. The van der Waals surface area contributed by atoms with Gasteiger partial charge in [0, 0.05) is 18.3 Å². The Balaban J connectivity index is 2.55. The van der Waals surface area contributed by atoms with Crippen LogP contribution < -0.4 is 4.90 Å².